The van der Waals surface area contributed by atoms with Gasteiger partial charge in [-0.1, -0.05) is 47.5 Å². The molecule has 2 rings (SSSR count). The number of para-hydroxylation sites is 1. The van der Waals surface area contributed by atoms with Crippen molar-refractivity contribution < 1.29 is 14.7 Å². The molecule has 0 aromatic heterocycles. The second-order valence-electron chi connectivity index (χ2n) is 4.72. The van der Waals surface area contributed by atoms with E-state index in [9.17, 15) is 0 Å². The third kappa shape index (κ3) is 3.84. The first kappa shape index (κ1) is 13.7. The van der Waals surface area contributed by atoms with Crippen LogP contribution in [0.2, 0.25) is 0 Å². The molecule has 0 atom stereocenters. The monoisotopic (exact) mass is 256 g/mol. The largest absolute Gasteiger partial charge is 0.707 e. The number of rotatable bonds is 4. The fraction of sp³-hybridized carbons (Fsp3) is 0.200. The van der Waals surface area contributed by atoms with Crippen molar-refractivity contribution >= 4 is 7.32 Å². The van der Waals surface area contributed by atoms with Crippen molar-refractivity contribution in [3.63, 3.8) is 0 Å². The summed E-state index contributed by atoms with van der Waals surface area (Å²) in [7, 11) is -1.79. The molecule has 2 N–H and O–H groups in total. The minimum Gasteiger partial charge on any atom is -0.512 e. The third-order valence-corrected chi connectivity index (χ3v) is 2.88. The van der Waals surface area contributed by atoms with Gasteiger partial charge in [-0.3, -0.25) is 0 Å². The quantitative estimate of drug-likeness (QED) is 0.825. The molecular weight excluding hydrogens is 239 g/mol. The van der Waals surface area contributed by atoms with E-state index in [2.05, 4.69) is 32.0 Å². The first-order valence-electron chi connectivity index (χ1n) is 6.22. The Hall–Kier alpha value is -1.78. The Morgan fingerprint density at radius 3 is 2.26 bits per heavy atom. The second kappa shape index (κ2) is 5.91. The summed E-state index contributed by atoms with van der Waals surface area (Å²) >= 11 is 0. The van der Waals surface area contributed by atoms with Gasteiger partial charge in [-0.25, -0.2) is 0 Å². The smallest absolute Gasteiger partial charge is 0.512 e. The Morgan fingerprint density at radius 2 is 1.63 bits per heavy atom. The summed E-state index contributed by atoms with van der Waals surface area (Å²) in [6.07, 6.45) is 0.700. The molecular formula is C15H17BO3. The molecule has 0 aliphatic rings. The van der Waals surface area contributed by atoms with Gasteiger partial charge in [-0.05, 0) is 31.0 Å². The van der Waals surface area contributed by atoms with Crippen LogP contribution in [-0.2, 0) is 6.42 Å². The standard InChI is InChI=1S/C15H17BO3/c1-11-7-12(2)9-13(8-11)10-14-5-3-4-6-15(14)19-16(17)18/h3-9,17-18H,10H2,1-2H3. The predicted molar refractivity (Wildman–Crippen MR) is 76.0 cm³/mol. The first-order chi connectivity index (χ1) is 9.04. The molecule has 3 nitrogen and oxygen atoms in total. The molecule has 0 unspecified atom stereocenters. The van der Waals surface area contributed by atoms with E-state index >= 15 is 0 Å². The highest BCUT2D eigenvalue weighted by atomic mass is 16.6. The van der Waals surface area contributed by atoms with E-state index in [1.54, 1.807) is 6.07 Å². The molecule has 4 heteroatoms. The van der Waals surface area contributed by atoms with Crippen LogP contribution in [0.3, 0.4) is 0 Å². The first-order valence-corrected chi connectivity index (χ1v) is 6.22. The lowest BCUT2D eigenvalue weighted by molar-refractivity contribution is 0.287. The van der Waals surface area contributed by atoms with Gasteiger partial charge in [-0.2, -0.15) is 0 Å². The van der Waals surface area contributed by atoms with Gasteiger partial charge in [0, 0.05) is 6.42 Å². The highest BCUT2D eigenvalue weighted by Crippen LogP contribution is 2.22. The summed E-state index contributed by atoms with van der Waals surface area (Å²) in [6, 6.07) is 13.8. The Labute approximate surface area is 113 Å². The average Bonchev–Trinajstić information content (AvgIpc) is 2.29. The zero-order chi connectivity index (χ0) is 13.8. The van der Waals surface area contributed by atoms with Crippen LogP contribution in [0, 0.1) is 13.8 Å². The van der Waals surface area contributed by atoms with Crippen molar-refractivity contribution in [1.29, 1.82) is 0 Å². The third-order valence-electron chi connectivity index (χ3n) is 2.88. The number of hydrogen-bond acceptors (Lipinski definition) is 3. The van der Waals surface area contributed by atoms with E-state index in [1.807, 2.05) is 18.2 Å². The summed E-state index contributed by atoms with van der Waals surface area (Å²) < 4.78 is 4.99. The molecule has 0 heterocycles. The van der Waals surface area contributed by atoms with Crippen molar-refractivity contribution in [2.24, 2.45) is 0 Å². The fourth-order valence-corrected chi connectivity index (χ4v) is 2.27. The molecule has 0 saturated heterocycles. The lowest BCUT2D eigenvalue weighted by Crippen LogP contribution is -2.21. The molecule has 2 aromatic rings. The molecule has 0 radical (unpaired) electrons. The van der Waals surface area contributed by atoms with E-state index in [0.717, 1.165) is 5.56 Å². The molecule has 0 spiro atoms. The predicted octanol–water partition coefficient (Wildman–Crippen LogP) is 2.24. The minimum absolute atomic E-state index is 0.497. The number of benzene rings is 2. The molecule has 0 bridgehead atoms. The zero-order valence-corrected chi connectivity index (χ0v) is 11.1. The summed E-state index contributed by atoms with van der Waals surface area (Å²) in [5, 5.41) is 17.8. The van der Waals surface area contributed by atoms with Crippen LogP contribution < -0.4 is 4.65 Å². The van der Waals surface area contributed by atoms with Crippen molar-refractivity contribution in [2.75, 3.05) is 0 Å². The van der Waals surface area contributed by atoms with E-state index in [1.165, 1.54) is 16.7 Å². The van der Waals surface area contributed by atoms with Crippen LogP contribution in [0.5, 0.6) is 5.75 Å². The molecule has 0 amide bonds. The van der Waals surface area contributed by atoms with Crippen LogP contribution in [0.15, 0.2) is 42.5 Å². The molecule has 0 saturated carbocycles. The highest BCUT2D eigenvalue weighted by Gasteiger charge is 2.14. The Kier molecular flexibility index (Phi) is 4.25. The maximum absolute atomic E-state index is 8.92. The lowest BCUT2D eigenvalue weighted by Gasteiger charge is -2.11. The second-order valence-corrected chi connectivity index (χ2v) is 4.72. The van der Waals surface area contributed by atoms with Gasteiger partial charge < -0.3 is 14.7 Å². The summed E-state index contributed by atoms with van der Waals surface area (Å²) in [5.41, 5.74) is 4.55. The Morgan fingerprint density at radius 1 is 1.00 bits per heavy atom. The van der Waals surface area contributed by atoms with Crippen molar-refractivity contribution in [1.82, 2.24) is 0 Å². The van der Waals surface area contributed by atoms with Gasteiger partial charge in [0.25, 0.3) is 0 Å². The van der Waals surface area contributed by atoms with E-state index in [0.29, 0.717) is 12.2 Å². The molecule has 0 aliphatic heterocycles. The van der Waals surface area contributed by atoms with E-state index < -0.39 is 7.32 Å². The van der Waals surface area contributed by atoms with Gasteiger partial charge >= 0.3 is 7.32 Å². The summed E-state index contributed by atoms with van der Waals surface area (Å²) in [5.74, 6) is 0.497. The Bertz CT molecular complexity index is 547. The van der Waals surface area contributed by atoms with Crippen molar-refractivity contribution in [2.45, 2.75) is 20.3 Å². The van der Waals surface area contributed by atoms with Crippen molar-refractivity contribution in [3.05, 3.63) is 64.7 Å². The lowest BCUT2D eigenvalue weighted by atomic mass is 10.00. The van der Waals surface area contributed by atoms with Crippen LogP contribution >= 0.6 is 0 Å². The number of aryl methyl sites for hydroxylation is 2. The summed E-state index contributed by atoms with van der Waals surface area (Å²) in [6.45, 7) is 4.13. The molecule has 2 aromatic carbocycles. The van der Waals surface area contributed by atoms with Crippen LogP contribution in [-0.4, -0.2) is 17.4 Å². The molecule has 0 fully saturated rings. The Balaban J connectivity index is 2.27. The van der Waals surface area contributed by atoms with Crippen molar-refractivity contribution in [3.8, 4) is 5.75 Å². The molecule has 0 aliphatic carbocycles. The summed E-state index contributed by atoms with van der Waals surface area (Å²) in [4.78, 5) is 0. The number of hydrogen-bond donors (Lipinski definition) is 2. The zero-order valence-electron chi connectivity index (χ0n) is 11.1. The molecule has 19 heavy (non-hydrogen) atoms. The van der Waals surface area contributed by atoms with Gasteiger partial charge in [0.2, 0.25) is 0 Å². The van der Waals surface area contributed by atoms with Crippen LogP contribution in [0.25, 0.3) is 0 Å². The van der Waals surface area contributed by atoms with Gasteiger partial charge in [-0.15, -0.1) is 0 Å². The molecule has 98 valence electrons. The normalized spacial score (nSPS) is 10.3. The minimum atomic E-state index is -1.79. The van der Waals surface area contributed by atoms with Crippen LogP contribution in [0.1, 0.15) is 22.3 Å². The topological polar surface area (TPSA) is 49.7 Å². The van der Waals surface area contributed by atoms with Crippen LogP contribution in [0.4, 0.5) is 0 Å². The maximum atomic E-state index is 8.92. The van der Waals surface area contributed by atoms with Gasteiger partial charge in [0.05, 0.1) is 0 Å². The fourth-order valence-electron chi connectivity index (χ4n) is 2.27. The van der Waals surface area contributed by atoms with E-state index in [4.69, 9.17) is 14.7 Å². The highest BCUT2D eigenvalue weighted by molar-refractivity contribution is 6.33. The SMILES string of the molecule is Cc1cc(C)cc(Cc2ccccc2OB(O)O)c1. The van der Waals surface area contributed by atoms with Gasteiger partial charge in [0.1, 0.15) is 5.75 Å². The maximum Gasteiger partial charge on any atom is 0.707 e. The average molecular weight is 256 g/mol. The van der Waals surface area contributed by atoms with Gasteiger partial charge in [0.15, 0.2) is 0 Å². The van der Waals surface area contributed by atoms with E-state index in [-0.39, 0.29) is 0 Å².